The summed E-state index contributed by atoms with van der Waals surface area (Å²) in [7, 11) is 0. The summed E-state index contributed by atoms with van der Waals surface area (Å²) in [5.74, 6) is 1.37. The van der Waals surface area contributed by atoms with Gasteiger partial charge in [0, 0.05) is 49.9 Å². The van der Waals surface area contributed by atoms with Gasteiger partial charge in [-0.15, -0.1) is 0 Å². The Morgan fingerprint density at radius 2 is 2.18 bits per heavy atom. The Labute approximate surface area is 134 Å². The Balaban J connectivity index is 1.54. The van der Waals surface area contributed by atoms with Crippen molar-refractivity contribution in [2.24, 2.45) is 5.92 Å². The molecule has 2 atom stereocenters. The number of halogens is 1. The topological polar surface area (TPSA) is 52.7 Å². The third-order valence-electron chi connectivity index (χ3n) is 4.98. The first-order valence-electron chi connectivity index (χ1n) is 7.89. The molecule has 6 heteroatoms. The molecule has 3 heterocycles. The van der Waals surface area contributed by atoms with E-state index in [0.29, 0.717) is 23.6 Å². The fourth-order valence-corrected chi connectivity index (χ4v) is 3.89. The molecule has 4 rings (SSSR count). The van der Waals surface area contributed by atoms with E-state index in [1.807, 2.05) is 18.2 Å². The van der Waals surface area contributed by atoms with Crippen molar-refractivity contribution in [2.75, 3.05) is 37.7 Å². The highest BCUT2D eigenvalue weighted by Crippen LogP contribution is 2.32. The molecule has 0 radical (unpaired) electrons. The Morgan fingerprint density at radius 1 is 1.27 bits per heavy atom. The van der Waals surface area contributed by atoms with Crippen LogP contribution in [0.3, 0.4) is 0 Å². The molecule has 2 fully saturated rings. The van der Waals surface area contributed by atoms with Crippen LogP contribution in [-0.2, 0) is 0 Å². The second-order valence-electron chi connectivity index (χ2n) is 6.37. The Hall–Kier alpha value is -1.30. The predicted octanol–water partition coefficient (Wildman–Crippen LogP) is 2.37. The summed E-state index contributed by atoms with van der Waals surface area (Å²) < 4.78 is 5.43. The van der Waals surface area contributed by atoms with Gasteiger partial charge in [-0.05, 0) is 30.9 Å². The maximum absolute atomic E-state index is 9.35. The molecule has 0 saturated carbocycles. The van der Waals surface area contributed by atoms with Crippen molar-refractivity contribution >= 4 is 28.4 Å². The van der Waals surface area contributed by atoms with Crippen LogP contribution in [0.25, 0.3) is 11.0 Å². The van der Waals surface area contributed by atoms with E-state index >= 15 is 0 Å². The number of benzene rings is 1. The molecule has 0 spiro atoms. The van der Waals surface area contributed by atoms with Crippen LogP contribution in [0.15, 0.2) is 22.7 Å². The van der Waals surface area contributed by atoms with Gasteiger partial charge in [0.25, 0.3) is 0 Å². The number of aliphatic hydroxyl groups is 1. The average molecular weight is 322 g/mol. The van der Waals surface area contributed by atoms with Crippen molar-refractivity contribution in [3.8, 4) is 0 Å². The number of aliphatic hydroxyl groups excluding tert-OH is 1. The summed E-state index contributed by atoms with van der Waals surface area (Å²) in [4.78, 5) is 4.83. The second-order valence-corrected chi connectivity index (χ2v) is 6.80. The van der Waals surface area contributed by atoms with Crippen LogP contribution in [0.4, 0.5) is 5.82 Å². The van der Waals surface area contributed by atoms with Crippen LogP contribution in [-0.4, -0.2) is 54.0 Å². The lowest BCUT2D eigenvalue weighted by atomic mass is 9.91. The van der Waals surface area contributed by atoms with Crippen molar-refractivity contribution < 1.29 is 9.63 Å². The minimum Gasteiger partial charge on any atom is -0.396 e. The summed E-state index contributed by atoms with van der Waals surface area (Å²) >= 11 is 6.00. The molecule has 2 aromatic rings. The number of anilines is 1. The highest BCUT2D eigenvalue weighted by Gasteiger charge is 2.33. The normalized spacial score (nSPS) is 26.4. The third kappa shape index (κ3) is 2.47. The number of fused-ring (bicyclic) bond motifs is 2. The van der Waals surface area contributed by atoms with Crippen molar-refractivity contribution in [3.63, 3.8) is 0 Å². The van der Waals surface area contributed by atoms with Crippen molar-refractivity contribution in [1.82, 2.24) is 10.1 Å². The van der Waals surface area contributed by atoms with Crippen LogP contribution in [0.1, 0.15) is 12.8 Å². The zero-order valence-electron chi connectivity index (χ0n) is 12.4. The van der Waals surface area contributed by atoms with E-state index in [1.165, 1.54) is 0 Å². The lowest BCUT2D eigenvalue weighted by Crippen LogP contribution is -2.57. The smallest absolute Gasteiger partial charge is 0.180 e. The lowest BCUT2D eigenvalue weighted by Gasteiger charge is -2.46. The maximum Gasteiger partial charge on any atom is 0.180 e. The quantitative estimate of drug-likeness (QED) is 0.920. The molecule has 1 N–H and O–H groups in total. The molecule has 0 amide bonds. The molecule has 22 heavy (non-hydrogen) atoms. The molecule has 1 aromatic heterocycles. The fraction of sp³-hybridized carbons (Fsp3) is 0.562. The molecule has 2 aliphatic rings. The van der Waals surface area contributed by atoms with E-state index in [1.54, 1.807) is 0 Å². The standard InChI is InChI=1S/C16H20ClN3O2/c17-12-2-4-14-15(7-12)22-18-16(14)20-6-5-19-8-11(10-21)1-3-13(19)9-20/h2,4,7,11,13,21H,1,3,5-6,8-10H2/t11-,13+/m1/s1. The van der Waals surface area contributed by atoms with Crippen molar-refractivity contribution in [2.45, 2.75) is 18.9 Å². The number of rotatable bonds is 2. The van der Waals surface area contributed by atoms with Gasteiger partial charge >= 0.3 is 0 Å². The largest absolute Gasteiger partial charge is 0.396 e. The minimum absolute atomic E-state index is 0.307. The number of nitrogens with zero attached hydrogens (tertiary/aromatic N) is 3. The van der Waals surface area contributed by atoms with Gasteiger partial charge in [0.1, 0.15) is 0 Å². The summed E-state index contributed by atoms with van der Waals surface area (Å²) in [6.07, 6.45) is 2.25. The van der Waals surface area contributed by atoms with Crippen molar-refractivity contribution in [3.05, 3.63) is 23.2 Å². The van der Waals surface area contributed by atoms with E-state index in [4.69, 9.17) is 16.1 Å². The van der Waals surface area contributed by atoms with E-state index in [9.17, 15) is 5.11 Å². The molecule has 1 aromatic carbocycles. The van der Waals surface area contributed by atoms with Gasteiger partial charge in [0.2, 0.25) is 0 Å². The zero-order valence-corrected chi connectivity index (χ0v) is 13.2. The van der Waals surface area contributed by atoms with Crippen LogP contribution in [0.5, 0.6) is 0 Å². The highest BCUT2D eigenvalue weighted by molar-refractivity contribution is 6.31. The van der Waals surface area contributed by atoms with E-state index in [2.05, 4.69) is 15.0 Å². The summed E-state index contributed by atoms with van der Waals surface area (Å²) in [6.45, 7) is 4.26. The van der Waals surface area contributed by atoms with Crippen LogP contribution < -0.4 is 4.90 Å². The molecule has 0 unspecified atom stereocenters. The number of piperidine rings is 1. The number of piperazine rings is 1. The molecule has 0 bridgehead atoms. The number of aromatic nitrogens is 1. The first-order chi connectivity index (χ1) is 10.7. The van der Waals surface area contributed by atoms with Gasteiger partial charge in [-0.25, -0.2) is 0 Å². The van der Waals surface area contributed by atoms with E-state index in [0.717, 1.165) is 55.8 Å². The first kappa shape index (κ1) is 14.3. The van der Waals surface area contributed by atoms with Crippen molar-refractivity contribution in [1.29, 1.82) is 0 Å². The SMILES string of the molecule is OC[C@@H]1CC[C@H]2CN(c3noc4cc(Cl)ccc34)CCN2C1. The van der Waals surface area contributed by atoms with Crippen LogP contribution >= 0.6 is 11.6 Å². The summed E-state index contributed by atoms with van der Waals surface area (Å²) in [6, 6.07) is 6.23. The number of hydrogen-bond donors (Lipinski definition) is 1. The van der Waals surface area contributed by atoms with Gasteiger partial charge in [-0.3, -0.25) is 4.90 Å². The minimum atomic E-state index is 0.307. The first-order valence-corrected chi connectivity index (χ1v) is 8.27. The Morgan fingerprint density at radius 3 is 3.05 bits per heavy atom. The molecule has 2 aliphatic heterocycles. The van der Waals surface area contributed by atoms with Gasteiger partial charge in [-0.2, -0.15) is 0 Å². The van der Waals surface area contributed by atoms with Crippen LogP contribution in [0.2, 0.25) is 5.02 Å². The highest BCUT2D eigenvalue weighted by atomic mass is 35.5. The molecular weight excluding hydrogens is 302 g/mol. The zero-order chi connectivity index (χ0) is 15.1. The second kappa shape index (κ2) is 5.72. The van der Waals surface area contributed by atoms with Crippen LogP contribution in [0, 0.1) is 5.92 Å². The molecule has 118 valence electrons. The van der Waals surface area contributed by atoms with Gasteiger partial charge in [-0.1, -0.05) is 16.8 Å². The lowest BCUT2D eigenvalue weighted by molar-refractivity contribution is 0.0672. The Bertz CT molecular complexity index is 674. The summed E-state index contributed by atoms with van der Waals surface area (Å²) in [5, 5.41) is 15.3. The molecule has 5 nitrogen and oxygen atoms in total. The summed E-state index contributed by atoms with van der Waals surface area (Å²) in [5.41, 5.74) is 0.744. The molecule has 2 saturated heterocycles. The molecular formula is C16H20ClN3O2. The van der Waals surface area contributed by atoms with Gasteiger partial charge < -0.3 is 14.5 Å². The van der Waals surface area contributed by atoms with Gasteiger partial charge in [0.05, 0.1) is 5.39 Å². The third-order valence-corrected chi connectivity index (χ3v) is 5.21. The maximum atomic E-state index is 9.35. The average Bonchev–Trinajstić information content (AvgIpc) is 2.96. The van der Waals surface area contributed by atoms with E-state index < -0.39 is 0 Å². The van der Waals surface area contributed by atoms with E-state index in [-0.39, 0.29) is 0 Å². The monoisotopic (exact) mass is 321 g/mol. The molecule has 0 aliphatic carbocycles. The fourth-order valence-electron chi connectivity index (χ4n) is 3.73. The Kier molecular flexibility index (Phi) is 3.72. The number of hydrogen-bond acceptors (Lipinski definition) is 5. The van der Waals surface area contributed by atoms with Gasteiger partial charge in [0.15, 0.2) is 11.4 Å². The predicted molar refractivity (Wildman–Crippen MR) is 86.4 cm³/mol.